The van der Waals surface area contributed by atoms with Crippen LogP contribution in [0.1, 0.15) is 0 Å². The van der Waals surface area contributed by atoms with Gasteiger partial charge in [0.25, 0.3) is 0 Å². The van der Waals surface area contributed by atoms with Crippen molar-refractivity contribution in [2.45, 2.75) is 32.7 Å². The van der Waals surface area contributed by atoms with Gasteiger partial charge < -0.3 is 0 Å². The van der Waals surface area contributed by atoms with Gasteiger partial charge in [0.2, 0.25) is 0 Å². The maximum Gasteiger partial charge on any atom is 0.170 e. The van der Waals surface area contributed by atoms with Crippen LogP contribution in [0, 0.1) is 0 Å². The molecule has 0 aliphatic rings. The SMILES string of the molecule is C[Si](C)(Cl)[Si](C)(Cl)[Si](C)(C)Cl. The highest BCUT2D eigenvalue weighted by Gasteiger charge is 2.54. The van der Waals surface area contributed by atoms with Crippen LogP contribution in [0.5, 0.6) is 0 Å². The molecular weight excluding hydrogens is 251 g/mol. The molecule has 0 radical (unpaired) electrons. The van der Waals surface area contributed by atoms with Gasteiger partial charge in [-0.2, -0.15) is 33.2 Å². The zero-order valence-corrected chi connectivity index (χ0v) is 12.9. The second kappa shape index (κ2) is 3.35. The van der Waals surface area contributed by atoms with Gasteiger partial charge in [0.05, 0.1) is 0 Å². The molecular formula is C5H15Cl3Si3. The third-order valence-electron chi connectivity index (χ3n) is 2.23. The van der Waals surface area contributed by atoms with Crippen LogP contribution in [0.15, 0.2) is 0 Å². The molecule has 0 saturated carbocycles. The van der Waals surface area contributed by atoms with E-state index >= 15 is 0 Å². The minimum atomic E-state index is -1.83. The molecule has 0 aliphatic heterocycles. The standard InChI is InChI=1S/C5H15Cl3Si3/c1-9(2,6)11(5,8)10(3,4)7/h1-5H3. The van der Waals surface area contributed by atoms with Gasteiger partial charge in [-0.25, -0.2) is 0 Å². The molecule has 68 valence electrons. The predicted molar refractivity (Wildman–Crippen MR) is 64.1 cm³/mol. The Kier molecular flexibility index (Phi) is 3.81. The van der Waals surface area contributed by atoms with E-state index in [1.807, 2.05) is 0 Å². The molecule has 11 heavy (non-hydrogen) atoms. The monoisotopic (exact) mass is 264 g/mol. The summed E-state index contributed by atoms with van der Waals surface area (Å²) in [6.45, 7) is 7.10. The van der Waals surface area contributed by atoms with E-state index in [1.54, 1.807) is 0 Å². The van der Waals surface area contributed by atoms with Crippen molar-refractivity contribution < 1.29 is 0 Å². The summed E-state index contributed by atoms with van der Waals surface area (Å²) in [4.78, 5) is 0. The van der Waals surface area contributed by atoms with Crippen LogP contribution in [0.25, 0.3) is 0 Å². The zero-order chi connectivity index (χ0) is 9.50. The second-order valence-electron chi connectivity index (χ2n) is 3.95. The van der Waals surface area contributed by atoms with E-state index in [0.29, 0.717) is 0 Å². The van der Waals surface area contributed by atoms with E-state index in [9.17, 15) is 0 Å². The third-order valence-corrected chi connectivity index (χ3v) is 51.2. The van der Waals surface area contributed by atoms with Crippen LogP contribution in [0.4, 0.5) is 0 Å². The molecule has 0 aliphatic carbocycles. The first-order valence-corrected chi connectivity index (χ1v) is 17.1. The predicted octanol–water partition coefficient (Wildman–Crippen LogP) is 3.85. The molecule has 0 nitrogen and oxygen atoms in total. The molecule has 0 aromatic rings. The van der Waals surface area contributed by atoms with Gasteiger partial charge >= 0.3 is 0 Å². The van der Waals surface area contributed by atoms with E-state index in [4.69, 9.17) is 33.2 Å². The van der Waals surface area contributed by atoms with Crippen LogP contribution in [-0.4, -0.2) is 20.2 Å². The molecule has 0 N–H and O–H groups in total. The Morgan fingerprint density at radius 3 is 0.818 bits per heavy atom. The molecule has 0 fully saturated rings. The van der Waals surface area contributed by atoms with Crippen LogP contribution in [0.2, 0.25) is 32.7 Å². The van der Waals surface area contributed by atoms with E-state index in [0.717, 1.165) is 0 Å². The molecule has 0 aromatic carbocycles. The van der Waals surface area contributed by atoms with Crippen molar-refractivity contribution in [2.75, 3.05) is 0 Å². The van der Waals surface area contributed by atoms with Gasteiger partial charge in [-0.05, 0) is 0 Å². The number of halogens is 3. The van der Waals surface area contributed by atoms with Gasteiger partial charge in [-0.1, -0.05) is 32.7 Å². The lowest BCUT2D eigenvalue weighted by Gasteiger charge is -2.37. The summed E-state index contributed by atoms with van der Waals surface area (Å²) in [7, 11) is 0. The molecule has 0 saturated heterocycles. The second-order valence-corrected chi connectivity index (χ2v) is 38.6. The van der Waals surface area contributed by atoms with Gasteiger partial charge in [0.15, 0.2) is 20.2 Å². The summed E-state index contributed by atoms with van der Waals surface area (Å²) in [5.74, 6) is 0. The van der Waals surface area contributed by atoms with E-state index in [-0.39, 0.29) is 0 Å². The van der Waals surface area contributed by atoms with Gasteiger partial charge in [0, 0.05) is 0 Å². The minimum Gasteiger partial charge on any atom is -0.171 e. The van der Waals surface area contributed by atoms with Crippen LogP contribution >= 0.6 is 33.2 Å². The fourth-order valence-corrected chi connectivity index (χ4v) is 33.1. The summed E-state index contributed by atoms with van der Waals surface area (Å²) in [6, 6.07) is 0. The lowest BCUT2D eigenvalue weighted by atomic mass is 11.9. The quantitative estimate of drug-likeness (QED) is 0.526. The van der Waals surface area contributed by atoms with Gasteiger partial charge in [-0.3, -0.25) is 0 Å². The van der Waals surface area contributed by atoms with Crippen molar-refractivity contribution in [1.29, 1.82) is 0 Å². The average molecular weight is 266 g/mol. The maximum atomic E-state index is 6.49. The number of hydrogen-bond acceptors (Lipinski definition) is 0. The van der Waals surface area contributed by atoms with Crippen LogP contribution in [0.3, 0.4) is 0 Å². The first kappa shape index (κ1) is 12.5. The Hall–Kier alpha value is 1.52. The number of rotatable bonds is 2. The highest BCUT2D eigenvalue weighted by Crippen LogP contribution is 2.36. The van der Waals surface area contributed by atoms with E-state index in [2.05, 4.69) is 32.7 Å². The Morgan fingerprint density at radius 1 is 0.636 bits per heavy atom. The lowest BCUT2D eigenvalue weighted by Crippen LogP contribution is -2.63. The van der Waals surface area contributed by atoms with Gasteiger partial charge in [-0.15, -0.1) is 0 Å². The van der Waals surface area contributed by atoms with E-state index < -0.39 is 20.2 Å². The molecule has 0 bridgehead atoms. The highest BCUT2D eigenvalue weighted by molar-refractivity contribution is 7.94. The largest absolute Gasteiger partial charge is 0.171 e. The van der Waals surface area contributed by atoms with Crippen LogP contribution < -0.4 is 0 Å². The molecule has 0 spiro atoms. The summed E-state index contributed by atoms with van der Waals surface area (Å²) >= 11 is 19.1. The average Bonchev–Trinajstić information content (AvgIpc) is 1.58. The minimum absolute atomic E-state index is 1.71. The Balaban J connectivity index is 4.75. The normalized spacial score (nSPS) is 15.3. The van der Waals surface area contributed by atoms with Crippen molar-refractivity contribution in [3.05, 3.63) is 0 Å². The van der Waals surface area contributed by atoms with Crippen LogP contribution in [-0.2, 0) is 0 Å². The molecule has 0 amide bonds. The summed E-state index contributed by atoms with van der Waals surface area (Å²) < 4.78 is 0. The Labute approximate surface area is 85.9 Å². The summed E-state index contributed by atoms with van der Waals surface area (Å²) in [5, 5.41) is 0. The fourth-order valence-electron chi connectivity index (χ4n) is 0.707. The van der Waals surface area contributed by atoms with Crippen molar-refractivity contribution in [2.24, 2.45) is 0 Å². The smallest absolute Gasteiger partial charge is 0.170 e. The van der Waals surface area contributed by atoms with Crippen molar-refractivity contribution in [3.63, 3.8) is 0 Å². The van der Waals surface area contributed by atoms with E-state index in [1.165, 1.54) is 0 Å². The zero-order valence-electron chi connectivity index (χ0n) is 7.63. The summed E-state index contributed by atoms with van der Waals surface area (Å²) in [6.07, 6.45) is -1.83. The molecule has 6 heteroatoms. The Morgan fingerprint density at radius 2 is 0.818 bits per heavy atom. The topological polar surface area (TPSA) is 0 Å². The van der Waals surface area contributed by atoms with Crippen molar-refractivity contribution >= 4 is 53.5 Å². The van der Waals surface area contributed by atoms with Crippen molar-refractivity contribution in [3.8, 4) is 0 Å². The Bertz CT molecular complexity index is 128. The first-order valence-electron chi connectivity index (χ1n) is 3.57. The maximum absolute atomic E-state index is 6.49. The molecule has 0 aromatic heterocycles. The first-order chi connectivity index (χ1) is 4.50. The molecule has 0 rings (SSSR count). The van der Waals surface area contributed by atoms with Gasteiger partial charge in [0.1, 0.15) is 0 Å². The lowest BCUT2D eigenvalue weighted by molar-refractivity contribution is 1.94. The molecule has 0 unspecified atom stereocenters. The molecule has 0 atom stereocenters. The third kappa shape index (κ3) is 2.74. The molecule has 0 heterocycles. The summed E-state index contributed by atoms with van der Waals surface area (Å²) in [5.41, 5.74) is 0. The number of hydrogen-bond donors (Lipinski definition) is 0. The highest BCUT2D eigenvalue weighted by atomic mass is 35.6. The fraction of sp³-hybridized carbons (Fsp3) is 1.00. The van der Waals surface area contributed by atoms with Crippen molar-refractivity contribution in [1.82, 2.24) is 0 Å².